The molecule has 0 amide bonds. The van der Waals surface area contributed by atoms with Crippen LogP contribution in [0.15, 0.2) is 145 Å². The van der Waals surface area contributed by atoms with Crippen molar-refractivity contribution in [2.45, 2.75) is 32.6 Å². The van der Waals surface area contributed by atoms with Crippen LogP contribution in [-0.4, -0.2) is 15.0 Å². The van der Waals surface area contributed by atoms with Gasteiger partial charge in [0.05, 0.1) is 0 Å². The monoisotopic (exact) mass is 531 g/mol. The van der Waals surface area contributed by atoms with Crippen LogP contribution >= 0.6 is 0 Å². The first-order valence-corrected chi connectivity index (χ1v) is 14.3. The maximum atomic E-state index is 5.07. The van der Waals surface area contributed by atoms with Crippen molar-refractivity contribution in [3.05, 3.63) is 156 Å². The normalized spacial score (nSPS) is 17.0. The van der Waals surface area contributed by atoms with Crippen molar-refractivity contribution in [1.29, 1.82) is 0 Å². The lowest BCUT2D eigenvalue weighted by atomic mass is 9.98. The summed E-state index contributed by atoms with van der Waals surface area (Å²) in [5, 5.41) is 0. The summed E-state index contributed by atoms with van der Waals surface area (Å²) in [6.07, 6.45) is 23.8. The van der Waals surface area contributed by atoms with Gasteiger partial charge in [-0.05, 0) is 67.0 Å². The molecule has 4 aromatic rings. The molecule has 0 unspecified atom stereocenters. The van der Waals surface area contributed by atoms with Crippen molar-refractivity contribution in [3.63, 3.8) is 0 Å². The maximum Gasteiger partial charge on any atom is 0.164 e. The predicted molar refractivity (Wildman–Crippen MR) is 171 cm³/mol. The number of rotatable bonds is 6. The minimum absolute atomic E-state index is 0.672. The van der Waals surface area contributed by atoms with E-state index in [0.717, 1.165) is 47.9 Å². The molecular weight excluding hydrogens is 498 g/mol. The second-order valence-corrected chi connectivity index (χ2v) is 10.5. The molecule has 3 heteroatoms. The van der Waals surface area contributed by atoms with Crippen molar-refractivity contribution >= 4 is 5.57 Å². The van der Waals surface area contributed by atoms with Crippen LogP contribution in [0.4, 0.5) is 0 Å². The number of aromatic nitrogens is 3. The van der Waals surface area contributed by atoms with Gasteiger partial charge < -0.3 is 0 Å². The number of benzene rings is 3. The summed E-state index contributed by atoms with van der Waals surface area (Å²) < 4.78 is 0. The number of nitrogens with zero attached hydrogens (tertiary/aromatic N) is 3. The van der Waals surface area contributed by atoms with Gasteiger partial charge in [0.15, 0.2) is 17.5 Å². The topological polar surface area (TPSA) is 38.7 Å². The summed E-state index contributed by atoms with van der Waals surface area (Å²) in [4.78, 5) is 15.1. The van der Waals surface area contributed by atoms with Gasteiger partial charge in [0, 0.05) is 16.7 Å². The van der Waals surface area contributed by atoms with Crippen molar-refractivity contribution < 1.29 is 0 Å². The Balaban J connectivity index is 1.45. The highest BCUT2D eigenvalue weighted by Gasteiger charge is 2.15. The highest BCUT2D eigenvalue weighted by Crippen LogP contribution is 2.29. The molecule has 1 aromatic heterocycles. The van der Waals surface area contributed by atoms with E-state index in [-0.39, 0.29) is 0 Å². The Morgan fingerprint density at radius 1 is 0.585 bits per heavy atom. The summed E-state index contributed by atoms with van der Waals surface area (Å²) in [5.41, 5.74) is 9.07. The van der Waals surface area contributed by atoms with Crippen LogP contribution in [-0.2, 0) is 0 Å². The van der Waals surface area contributed by atoms with Crippen LogP contribution in [0.2, 0.25) is 0 Å². The molecule has 0 aliphatic heterocycles. The standard InChI is InChI=1S/C38H33N3/c1-28-21-23-32(24-22-28)36-39-37(34-18-11-4-8-15-30(26-34)25-29-13-6-2-3-7-14-29)41-38(40-36)35-20-12-19-33(27-35)31-16-9-5-10-17-31/h2-3,5-6,9-24,26-27H,4,7-8,25H2,1H3/b18-11-,30-15?,34-26+. The lowest BCUT2D eigenvalue weighted by Crippen LogP contribution is -2.03. The fraction of sp³-hybridized carbons (Fsp3) is 0.132. The van der Waals surface area contributed by atoms with E-state index >= 15 is 0 Å². The summed E-state index contributed by atoms with van der Waals surface area (Å²) in [7, 11) is 0. The molecule has 1 heterocycles. The summed E-state index contributed by atoms with van der Waals surface area (Å²) in [6, 6.07) is 27.3. The zero-order valence-corrected chi connectivity index (χ0v) is 23.4. The third-order valence-corrected chi connectivity index (χ3v) is 7.29. The van der Waals surface area contributed by atoms with Crippen molar-refractivity contribution in [3.8, 4) is 33.9 Å². The zero-order chi connectivity index (χ0) is 27.9. The van der Waals surface area contributed by atoms with Crippen molar-refractivity contribution in [1.82, 2.24) is 15.0 Å². The van der Waals surface area contributed by atoms with Gasteiger partial charge in [-0.3, -0.25) is 0 Å². The Labute approximate surface area is 242 Å². The first kappa shape index (κ1) is 26.3. The molecule has 2 aliphatic carbocycles. The molecule has 0 radical (unpaired) electrons. The van der Waals surface area contributed by atoms with Gasteiger partial charge in [0.1, 0.15) is 0 Å². The molecule has 6 rings (SSSR count). The predicted octanol–water partition coefficient (Wildman–Crippen LogP) is 9.67. The van der Waals surface area contributed by atoms with Gasteiger partial charge in [-0.15, -0.1) is 0 Å². The van der Waals surface area contributed by atoms with Gasteiger partial charge in [-0.2, -0.15) is 0 Å². The zero-order valence-electron chi connectivity index (χ0n) is 23.4. The van der Waals surface area contributed by atoms with E-state index in [1.165, 1.54) is 22.3 Å². The molecule has 3 nitrogen and oxygen atoms in total. The van der Waals surface area contributed by atoms with Gasteiger partial charge in [-0.1, -0.05) is 127 Å². The van der Waals surface area contributed by atoms with E-state index in [9.17, 15) is 0 Å². The minimum atomic E-state index is 0.672. The van der Waals surface area contributed by atoms with Gasteiger partial charge in [-0.25, -0.2) is 15.0 Å². The van der Waals surface area contributed by atoms with Gasteiger partial charge in [0.2, 0.25) is 0 Å². The Kier molecular flexibility index (Phi) is 8.05. The molecule has 0 atom stereocenters. The molecule has 41 heavy (non-hydrogen) atoms. The summed E-state index contributed by atoms with van der Waals surface area (Å²) in [5.74, 6) is 2.04. The fourth-order valence-electron chi connectivity index (χ4n) is 5.07. The van der Waals surface area contributed by atoms with E-state index < -0.39 is 0 Å². The Bertz CT molecular complexity index is 1720. The number of hydrogen-bond donors (Lipinski definition) is 0. The number of hydrogen-bond acceptors (Lipinski definition) is 3. The highest BCUT2D eigenvalue weighted by atomic mass is 15.0. The lowest BCUT2D eigenvalue weighted by Gasteiger charge is -2.12. The molecular formula is C38H33N3. The number of allylic oxidation sites excluding steroid dienone is 12. The SMILES string of the molecule is Cc1ccc(-c2nc(C3=C/C(CC4=CCC=CC=C4)=CCC/C=C\3)nc(-c3cccc(-c4ccccc4)c3)n2)cc1. The Morgan fingerprint density at radius 3 is 2.20 bits per heavy atom. The van der Waals surface area contributed by atoms with Crippen LogP contribution in [0.25, 0.3) is 39.5 Å². The largest absolute Gasteiger partial charge is 0.208 e. The van der Waals surface area contributed by atoms with Crippen LogP contribution in [0.1, 0.15) is 37.1 Å². The Hall–Kier alpha value is -4.89. The first-order chi connectivity index (χ1) is 20.2. The van der Waals surface area contributed by atoms with Crippen LogP contribution in [0.3, 0.4) is 0 Å². The molecule has 2 aliphatic rings. The quantitative estimate of drug-likeness (QED) is 0.249. The third kappa shape index (κ3) is 6.64. The van der Waals surface area contributed by atoms with Crippen molar-refractivity contribution in [2.75, 3.05) is 0 Å². The minimum Gasteiger partial charge on any atom is -0.208 e. The van der Waals surface area contributed by atoms with E-state index in [4.69, 9.17) is 15.0 Å². The third-order valence-electron chi connectivity index (χ3n) is 7.29. The summed E-state index contributed by atoms with van der Waals surface area (Å²) in [6.45, 7) is 2.09. The van der Waals surface area contributed by atoms with Crippen LogP contribution in [0, 0.1) is 6.92 Å². The lowest BCUT2D eigenvalue weighted by molar-refractivity contribution is 1.01. The van der Waals surface area contributed by atoms with E-state index in [2.05, 4.69) is 134 Å². The highest BCUT2D eigenvalue weighted by molar-refractivity contribution is 5.76. The molecule has 0 saturated carbocycles. The molecule has 0 spiro atoms. The maximum absolute atomic E-state index is 5.07. The van der Waals surface area contributed by atoms with E-state index in [1.807, 2.05) is 6.07 Å². The van der Waals surface area contributed by atoms with Gasteiger partial charge in [0.25, 0.3) is 0 Å². The fourth-order valence-corrected chi connectivity index (χ4v) is 5.07. The van der Waals surface area contributed by atoms with E-state index in [0.29, 0.717) is 17.5 Å². The average Bonchev–Trinajstić information content (AvgIpc) is 3.28. The van der Waals surface area contributed by atoms with E-state index in [1.54, 1.807) is 0 Å². The molecule has 0 fully saturated rings. The second-order valence-electron chi connectivity index (χ2n) is 10.5. The molecule has 0 bridgehead atoms. The molecule has 200 valence electrons. The first-order valence-electron chi connectivity index (χ1n) is 14.3. The Morgan fingerprint density at radius 2 is 1.34 bits per heavy atom. The molecule has 3 aromatic carbocycles. The summed E-state index contributed by atoms with van der Waals surface area (Å²) >= 11 is 0. The average molecular weight is 532 g/mol. The van der Waals surface area contributed by atoms with Crippen LogP contribution < -0.4 is 0 Å². The number of aryl methyl sites for hydroxylation is 1. The van der Waals surface area contributed by atoms with Crippen molar-refractivity contribution in [2.24, 2.45) is 0 Å². The molecule has 0 saturated heterocycles. The van der Waals surface area contributed by atoms with Crippen LogP contribution in [0.5, 0.6) is 0 Å². The van der Waals surface area contributed by atoms with Gasteiger partial charge >= 0.3 is 0 Å². The smallest absolute Gasteiger partial charge is 0.164 e. The molecule has 0 N–H and O–H groups in total. The second kappa shape index (κ2) is 12.5.